The second-order valence-electron chi connectivity index (χ2n) is 20.0. The first-order chi connectivity index (χ1) is 33.2. The number of ether oxygens (including phenoxy) is 1. The number of carbonyl (C=O) groups excluding carboxylic acids is 6. The number of alkyl halides is 3. The number of anilines is 1. The molecule has 6 amide bonds. The van der Waals surface area contributed by atoms with Crippen LogP contribution in [0.1, 0.15) is 124 Å². The Morgan fingerprint density at radius 1 is 1.00 bits per heavy atom. The normalized spacial score (nSPS) is 20.9. The van der Waals surface area contributed by atoms with E-state index in [1.54, 1.807) is 32.3 Å². The van der Waals surface area contributed by atoms with Crippen LogP contribution in [-0.2, 0) is 66.9 Å². The van der Waals surface area contributed by atoms with E-state index in [1.165, 1.54) is 28.5 Å². The van der Waals surface area contributed by atoms with Gasteiger partial charge in [0, 0.05) is 61.7 Å². The first-order valence-corrected chi connectivity index (χ1v) is 25.4. The number of fused-ring (bicyclic) bond motifs is 1. The van der Waals surface area contributed by atoms with Gasteiger partial charge in [-0.15, -0.1) is 22.0 Å². The van der Waals surface area contributed by atoms with Crippen LogP contribution in [0.3, 0.4) is 0 Å². The predicted molar refractivity (Wildman–Crippen MR) is 254 cm³/mol. The van der Waals surface area contributed by atoms with E-state index in [2.05, 4.69) is 33.1 Å². The second-order valence-corrected chi connectivity index (χ2v) is 21.3. The van der Waals surface area contributed by atoms with E-state index in [0.29, 0.717) is 74.9 Å². The lowest BCUT2D eigenvalue weighted by molar-refractivity contribution is -0.949. The van der Waals surface area contributed by atoms with Gasteiger partial charge in [-0.2, -0.15) is 13.2 Å². The minimum atomic E-state index is -4.77. The van der Waals surface area contributed by atoms with Crippen molar-refractivity contribution in [3.63, 3.8) is 0 Å². The second kappa shape index (κ2) is 21.9. The van der Waals surface area contributed by atoms with Crippen LogP contribution in [0.2, 0.25) is 0 Å². The van der Waals surface area contributed by atoms with Crippen molar-refractivity contribution in [2.75, 3.05) is 50.2 Å². The van der Waals surface area contributed by atoms with E-state index < -0.39 is 47.0 Å². The van der Waals surface area contributed by atoms with Crippen molar-refractivity contribution in [3.8, 4) is 0 Å². The van der Waals surface area contributed by atoms with E-state index in [4.69, 9.17) is 9.72 Å². The van der Waals surface area contributed by atoms with Gasteiger partial charge in [0.1, 0.15) is 36.6 Å². The fourth-order valence-corrected chi connectivity index (χ4v) is 10.8. The van der Waals surface area contributed by atoms with Crippen LogP contribution in [0.15, 0.2) is 35.6 Å². The van der Waals surface area contributed by atoms with Gasteiger partial charge in [-0.1, -0.05) is 34.1 Å². The van der Waals surface area contributed by atoms with E-state index in [1.807, 2.05) is 24.6 Å². The Morgan fingerprint density at radius 3 is 2.37 bits per heavy atom. The topological polar surface area (TPSA) is 198 Å². The lowest BCUT2D eigenvalue weighted by Gasteiger charge is -2.44. The maximum Gasteiger partial charge on any atom is 0.416 e. The van der Waals surface area contributed by atoms with Crippen molar-refractivity contribution >= 4 is 53.0 Å². The van der Waals surface area contributed by atoms with Gasteiger partial charge < -0.3 is 29.7 Å². The van der Waals surface area contributed by atoms with E-state index in [9.17, 15) is 28.8 Å². The smallest absolute Gasteiger partial charge is 0.379 e. The summed E-state index contributed by atoms with van der Waals surface area (Å²) in [5.74, 6) is -0.733. The maximum absolute atomic E-state index is 15.1. The third kappa shape index (κ3) is 12.0. The number of thioether (sulfide) groups is 1. The number of aromatic nitrogens is 4. The summed E-state index contributed by atoms with van der Waals surface area (Å²) in [6.07, 6.45) is 1.31. The number of unbranched alkanes of at least 4 members (excludes halogenated alkanes) is 2. The summed E-state index contributed by atoms with van der Waals surface area (Å²) in [4.78, 5) is 85.6. The molecule has 3 aromatic rings. The van der Waals surface area contributed by atoms with Crippen LogP contribution in [0, 0.1) is 11.8 Å². The van der Waals surface area contributed by atoms with Crippen LogP contribution in [0.4, 0.5) is 19.0 Å². The Hall–Kier alpha value is -5.41. The number of hydrogen-bond donors (Lipinski definition) is 3. The van der Waals surface area contributed by atoms with Crippen LogP contribution in [-0.4, -0.2) is 122 Å². The Balaban J connectivity index is 1.03. The number of benzene rings is 1. The highest BCUT2D eigenvalue weighted by molar-refractivity contribution is 7.99. The molecule has 380 valence electrons. The van der Waals surface area contributed by atoms with Gasteiger partial charge in [0.25, 0.3) is 5.91 Å². The fraction of sp³-hybridized carbons (Fsp3) is 0.612. The summed E-state index contributed by atoms with van der Waals surface area (Å²) in [6.45, 7) is 11.2. The summed E-state index contributed by atoms with van der Waals surface area (Å²) >= 11 is 1.47. The molecule has 0 bridgehead atoms. The quantitative estimate of drug-likeness (QED) is 0.0550. The lowest BCUT2D eigenvalue weighted by Crippen LogP contribution is -2.60. The standard InChI is InChI=1S/C49H65F3N10O7S/c1-7-70-41-21-34(48(26-69-27-48)22-39-58-54-28-59(39)6)20-38(56-41)61-23-36-35(47(61)68)18-33(19-37(36)49(50,51)52)25-62(17-11-12-31(4)24-62)29-53-45(66)32(5)55-46(67)44(30(2)3)57-40(63)13-9-8-10-16-60-42(64)14-15-43(60)65/h18-21,28,30-32,44H,7-17,22-27,29H2,1-6H3,(H2-,53,55,57,63,66,67)/p+1/t31-,32-,44-,62?/m0/s1. The molecule has 4 aliphatic heterocycles. The molecule has 4 atom stereocenters. The van der Waals surface area contributed by atoms with Crippen LogP contribution >= 0.6 is 11.8 Å². The minimum absolute atomic E-state index is 0.0363. The number of likely N-dealkylation sites (tertiary alicyclic amines) is 2. The largest absolute Gasteiger partial charge is 0.416 e. The molecule has 17 nitrogen and oxygen atoms in total. The zero-order chi connectivity index (χ0) is 50.5. The molecule has 1 aromatic carbocycles. The molecular weight excluding hydrogens is 930 g/mol. The van der Waals surface area contributed by atoms with Crippen molar-refractivity contribution in [2.45, 2.75) is 134 Å². The summed E-state index contributed by atoms with van der Waals surface area (Å²) in [6, 6.07) is 4.52. The zero-order valence-electron chi connectivity index (χ0n) is 41.0. The van der Waals surface area contributed by atoms with Crippen molar-refractivity contribution in [1.82, 2.24) is 40.6 Å². The fourth-order valence-electron chi connectivity index (χ4n) is 10.1. The van der Waals surface area contributed by atoms with Gasteiger partial charge in [0.15, 0.2) is 6.67 Å². The average molecular weight is 996 g/mol. The number of hydrogen-bond acceptors (Lipinski definition) is 11. The summed E-state index contributed by atoms with van der Waals surface area (Å²) < 4.78 is 53.2. The predicted octanol–water partition coefficient (Wildman–Crippen LogP) is 5.19. The van der Waals surface area contributed by atoms with Crippen molar-refractivity contribution in [2.24, 2.45) is 18.9 Å². The number of halogens is 3. The molecule has 6 heterocycles. The molecular formula is C49H66F3N10O7S+. The molecule has 0 spiro atoms. The molecule has 0 saturated carbocycles. The van der Waals surface area contributed by atoms with Crippen molar-refractivity contribution in [1.29, 1.82) is 0 Å². The highest BCUT2D eigenvalue weighted by Gasteiger charge is 2.45. The lowest BCUT2D eigenvalue weighted by atomic mass is 9.76. The van der Waals surface area contributed by atoms with Crippen molar-refractivity contribution < 1.29 is 51.2 Å². The highest BCUT2D eigenvalue weighted by atomic mass is 32.2. The monoisotopic (exact) mass is 995 g/mol. The van der Waals surface area contributed by atoms with Gasteiger partial charge in [-0.05, 0) is 79.7 Å². The Morgan fingerprint density at radius 2 is 1.74 bits per heavy atom. The van der Waals surface area contributed by atoms with Gasteiger partial charge >= 0.3 is 6.18 Å². The third-order valence-electron chi connectivity index (χ3n) is 14.0. The summed E-state index contributed by atoms with van der Waals surface area (Å²) in [7, 11) is 1.86. The van der Waals surface area contributed by atoms with Gasteiger partial charge in [0.05, 0.1) is 43.4 Å². The number of nitrogens with one attached hydrogen (secondary N) is 3. The highest BCUT2D eigenvalue weighted by Crippen LogP contribution is 2.43. The first kappa shape index (κ1) is 52.4. The third-order valence-corrected chi connectivity index (χ3v) is 14.8. The Bertz CT molecular complexity index is 2450. The first-order valence-electron chi connectivity index (χ1n) is 24.4. The van der Waals surface area contributed by atoms with Crippen molar-refractivity contribution in [3.05, 3.63) is 64.2 Å². The maximum atomic E-state index is 15.1. The Labute approximate surface area is 411 Å². The molecule has 2 aromatic heterocycles. The number of pyridine rings is 1. The Kier molecular flexibility index (Phi) is 16.4. The van der Waals surface area contributed by atoms with Crippen LogP contribution in [0.5, 0.6) is 0 Å². The van der Waals surface area contributed by atoms with Gasteiger partial charge in [-0.25, -0.2) is 4.98 Å². The molecule has 3 N–H and O–H groups in total. The molecule has 0 aliphatic carbocycles. The van der Waals surface area contributed by atoms with E-state index in [-0.39, 0.29) is 90.0 Å². The number of nitrogens with zero attached hydrogens (tertiary/aromatic N) is 7. The SMILES string of the molecule is CCSc1cc(C2(Cc3nncn3C)COC2)cc(N2Cc3c(cc(C[N+]4(CNC(=O)[C@H](C)NC(=O)[C@@H](NC(=O)CCCCCN5C(=O)CCC5=O)C(C)C)CCC[C@H](C)C4)cc3C(F)(F)F)C2=O)n1. The number of carbonyl (C=O) groups is 6. The van der Waals surface area contributed by atoms with Crippen LogP contribution in [0.25, 0.3) is 0 Å². The van der Waals surface area contributed by atoms with E-state index in [0.717, 1.165) is 30.3 Å². The number of aryl methyl sites for hydroxylation is 1. The van der Waals surface area contributed by atoms with Crippen LogP contribution < -0.4 is 20.9 Å². The summed E-state index contributed by atoms with van der Waals surface area (Å²) in [5.41, 5.74) is -0.366. The number of quaternary nitrogens is 1. The van der Waals surface area contributed by atoms with Gasteiger partial charge in [-0.3, -0.25) is 38.6 Å². The molecule has 4 aliphatic rings. The molecule has 3 fully saturated rings. The molecule has 0 radical (unpaired) electrons. The number of amides is 6. The molecule has 70 heavy (non-hydrogen) atoms. The number of imide groups is 1. The van der Waals surface area contributed by atoms with E-state index >= 15 is 13.2 Å². The molecule has 7 rings (SSSR count). The number of rotatable bonds is 21. The average Bonchev–Trinajstić information content (AvgIpc) is 3.96. The summed E-state index contributed by atoms with van der Waals surface area (Å²) in [5, 5.41) is 17.4. The minimum Gasteiger partial charge on any atom is -0.379 e. The molecule has 1 unspecified atom stereocenters. The zero-order valence-corrected chi connectivity index (χ0v) is 41.8. The molecule has 21 heteroatoms. The van der Waals surface area contributed by atoms with Gasteiger partial charge in [0.2, 0.25) is 29.5 Å². The number of piperidine rings is 1. The molecule has 3 saturated heterocycles.